The summed E-state index contributed by atoms with van der Waals surface area (Å²) in [5.41, 5.74) is 0.580. The van der Waals surface area contributed by atoms with Crippen molar-refractivity contribution in [3.8, 4) is 0 Å². The maximum absolute atomic E-state index is 11.9. The van der Waals surface area contributed by atoms with Gasteiger partial charge in [-0.3, -0.25) is 9.78 Å². The van der Waals surface area contributed by atoms with Gasteiger partial charge in [0.1, 0.15) is 0 Å². The quantitative estimate of drug-likeness (QED) is 0.803. The maximum atomic E-state index is 11.9. The van der Waals surface area contributed by atoms with Gasteiger partial charge in [0.2, 0.25) is 5.91 Å². The van der Waals surface area contributed by atoms with Gasteiger partial charge in [-0.2, -0.15) is 0 Å². The number of carboxylic acid groups (broad SMARTS) is 1. The van der Waals surface area contributed by atoms with E-state index in [2.05, 4.69) is 10.3 Å². The summed E-state index contributed by atoms with van der Waals surface area (Å²) < 4.78 is 0. The standard InChI is InChI=1S/C13H16N2O3/c1-13(2,3)12(18)15-10-6-7-14-8-9(10)4-5-11(16)17/h4-8H,1-3H3,(H,16,17)(H,14,15,18)/b5-4+. The number of nitrogens with one attached hydrogen (secondary N) is 1. The Bertz CT molecular complexity index is 487. The van der Waals surface area contributed by atoms with Gasteiger partial charge in [-0.1, -0.05) is 20.8 Å². The molecule has 0 saturated heterocycles. The van der Waals surface area contributed by atoms with Crippen LogP contribution in [0.1, 0.15) is 26.3 Å². The zero-order chi connectivity index (χ0) is 13.8. The number of hydrogen-bond acceptors (Lipinski definition) is 3. The smallest absolute Gasteiger partial charge is 0.328 e. The molecule has 0 saturated carbocycles. The predicted molar refractivity (Wildman–Crippen MR) is 69.0 cm³/mol. The predicted octanol–water partition coefficient (Wildman–Crippen LogP) is 2.16. The molecule has 0 aromatic carbocycles. The fraction of sp³-hybridized carbons (Fsp3) is 0.308. The SMILES string of the molecule is CC(C)(C)C(=O)Nc1ccncc1/C=C/C(=O)O. The average molecular weight is 248 g/mol. The summed E-state index contributed by atoms with van der Waals surface area (Å²) in [4.78, 5) is 26.2. The molecule has 0 fully saturated rings. The van der Waals surface area contributed by atoms with Crippen LogP contribution in [-0.2, 0) is 9.59 Å². The second-order valence-corrected chi connectivity index (χ2v) is 4.84. The fourth-order valence-corrected chi connectivity index (χ4v) is 1.12. The van der Waals surface area contributed by atoms with Crippen LogP contribution in [0, 0.1) is 5.41 Å². The summed E-state index contributed by atoms with van der Waals surface area (Å²) in [5.74, 6) is -1.19. The summed E-state index contributed by atoms with van der Waals surface area (Å²) in [6, 6.07) is 1.63. The summed E-state index contributed by atoms with van der Waals surface area (Å²) >= 11 is 0. The molecule has 18 heavy (non-hydrogen) atoms. The van der Waals surface area contributed by atoms with Crippen LogP contribution in [0.5, 0.6) is 0 Å². The van der Waals surface area contributed by atoms with Gasteiger partial charge in [0.15, 0.2) is 0 Å². The van der Waals surface area contributed by atoms with Crippen molar-refractivity contribution in [2.75, 3.05) is 5.32 Å². The number of amides is 1. The van der Waals surface area contributed by atoms with Gasteiger partial charge < -0.3 is 10.4 Å². The Balaban J connectivity index is 2.96. The Morgan fingerprint density at radius 1 is 1.39 bits per heavy atom. The molecule has 0 aliphatic rings. The van der Waals surface area contributed by atoms with Crippen LogP contribution in [-0.4, -0.2) is 22.0 Å². The molecule has 5 nitrogen and oxygen atoms in total. The van der Waals surface area contributed by atoms with E-state index in [0.29, 0.717) is 11.3 Å². The first-order chi connectivity index (χ1) is 8.30. The molecule has 0 aliphatic heterocycles. The third kappa shape index (κ3) is 4.01. The number of anilines is 1. The second-order valence-electron chi connectivity index (χ2n) is 4.84. The van der Waals surface area contributed by atoms with Crippen molar-refractivity contribution in [1.82, 2.24) is 4.98 Å². The number of aromatic nitrogens is 1. The summed E-state index contributed by atoms with van der Waals surface area (Å²) in [6.45, 7) is 5.41. The zero-order valence-electron chi connectivity index (χ0n) is 10.6. The van der Waals surface area contributed by atoms with Crippen LogP contribution in [0.2, 0.25) is 0 Å². The first kappa shape index (κ1) is 13.9. The van der Waals surface area contributed by atoms with Crippen molar-refractivity contribution in [3.63, 3.8) is 0 Å². The Kier molecular flexibility index (Phi) is 4.20. The number of nitrogens with zero attached hydrogens (tertiary/aromatic N) is 1. The van der Waals surface area contributed by atoms with Crippen molar-refractivity contribution in [2.24, 2.45) is 5.41 Å². The highest BCUT2D eigenvalue weighted by Crippen LogP contribution is 2.20. The summed E-state index contributed by atoms with van der Waals surface area (Å²) in [7, 11) is 0. The van der Waals surface area contributed by atoms with Gasteiger partial charge >= 0.3 is 5.97 Å². The van der Waals surface area contributed by atoms with E-state index < -0.39 is 11.4 Å². The van der Waals surface area contributed by atoms with E-state index >= 15 is 0 Å². The highest BCUT2D eigenvalue weighted by Gasteiger charge is 2.21. The number of aliphatic carboxylic acids is 1. The van der Waals surface area contributed by atoms with E-state index in [1.54, 1.807) is 26.8 Å². The number of pyridine rings is 1. The van der Waals surface area contributed by atoms with Crippen molar-refractivity contribution in [3.05, 3.63) is 30.1 Å². The zero-order valence-corrected chi connectivity index (χ0v) is 10.6. The third-order valence-corrected chi connectivity index (χ3v) is 2.19. The molecule has 1 amide bonds. The van der Waals surface area contributed by atoms with Crippen molar-refractivity contribution in [1.29, 1.82) is 0 Å². The first-order valence-electron chi connectivity index (χ1n) is 5.47. The maximum Gasteiger partial charge on any atom is 0.328 e. The molecule has 0 aliphatic carbocycles. The van der Waals surface area contributed by atoms with Gasteiger partial charge in [0.25, 0.3) is 0 Å². The number of carboxylic acids is 1. The van der Waals surface area contributed by atoms with Gasteiger partial charge in [0, 0.05) is 29.4 Å². The largest absolute Gasteiger partial charge is 0.478 e. The average Bonchev–Trinajstić information content (AvgIpc) is 2.26. The van der Waals surface area contributed by atoms with E-state index in [1.165, 1.54) is 18.5 Å². The van der Waals surface area contributed by atoms with Crippen LogP contribution in [0.4, 0.5) is 5.69 Å². The van der Waals surface area contributed by atoms with E-state index in [0.717, 1.165) is 6.08 Å². The van der Waals surface area contributed by atoms with E-state index in [-0.39, 0.29) is 5.91 Å². The Morgan fingerprint density at radius 3 is 2.61 bits per heavy atom. The monoisotopic (exact) mass is 248 g/mol. The van der Waals surface area contributed by atoms with Gasteiger partial charge in [-0.05, 0) is 12.1 Å². The van der Waals surface area contributed by atoms with Crippen LogP contribution in [0.25, 0.3) is 6.08 Å². The number of carbonyl (C=O) groups excluding carboxylic acids is 1. The number of rotatable bonds is 3. The molecule has 0 bridgehead atoms. The lowest BCUT2D eigenvalue weighted by molar-refractivity contribution is -0.131. The molecule has 0 radical (unpaired) electrons. The Morgan fingerprint density at radius 2 is 2.06 bits per heavy atom. The minimum atomic E-state index is -1.05. The summed E-state index contributed by atoms with van der Waals surface area (Å²) in [5, 5.41) is 11.3. The number of carbonyl (C=O) groups is 2. The molecular formula is C13H16N2O3. The van der Waals surface area contributed by atoms with Gasteiger partial charge in [-0.15, -0.1) is 0 Å². The molecule has 96 valence electrons. The van der Waals surface area contributed by atoms with Crippen LogP contribution in [0.15, 0.2) is 24.5 Å². The van der Waals surface area contributed by atoms with Crippen molar-refractivity contribution >= 4 is 23.6 Å². The molecule has 5 heteroatoms. The molecule has 0 spiro atoms. The summed E-state index contributed by atoms with van der Waals surface area (Å²) in [6.07, 6.45) is 5.44. The van der Waals surface area contributed by atoms with Crippen LogP contribution in [0.3, 0.4) is 0 Å². The molecule has 2 N–H and O–H groups in total. The lowest BCUT2D eigenvalue weighted by atomic mass is 9.95. The molecular weight excluding hydrogens is 232 g/mol. The minimum absolute atomic E-state index is 0.140. The van der Waals surface area contributed by atoms with Crippen LogP contribution >= 0.6 is 0 Å². The third-order valence-electron chi connectivity index (χ3n) is 2.19. The molecule has 0 unspecified atom stereocenters. The van der Waals surface area contributed by atoms with E-state index in [4.69, 9.17) is 5.11 Å². The number of hydrogen-bond donors (Lipinski definition) is 2. The normalized spacial score (nSPS) is 11.5. The van der Waals surface area contributed by atoms with Crippen LogP contribution < -0.4 is 5.32 Å². The Hall–Kier alpha value is -2.17. The Labute approximate surface area is 106 Å². The highest BCUT2D eigenvalue weighted by atomic mass is 16.4. The topological polar surface area (TPSA) is 79.3 Å². The van der Waals surface area contributed by atoms with E-state index in [9.17, 15) is 9.59 Å². The molecule has 1 heterocycles. The molecule has 0 atom stereocenters. The minimum Gasteiger partial charge on any atom is -0.478 e. The fourth-order valence-electron chi connectivity index (χ4n) is 1.12. The molecule has 1 aromatic heterocycles. The van der Waals surface area contributed by atoms with E-state index in [1.807, 2.05) is 0 Å². The lowest BCUT2D eigenvalue weighted by Crippen LogP contribution is -2.27. The molecule has 1 rings (SSSR count). The molecule has 1 aromatic rings. The second kappa shape index (κ2) is 5.44. The van der Waals surface area contributed by atoms with Crippen molar-refractivity contribution in [2.45, 2.75) is 20.8 Å². The van der Waals surface area contributed by atoms with Gasteiger partial charge in [-0.25, -0.2) is 4.79 Å². The first-order valence-corrected chi connectivity index (χ1v) is 5.47. The van der Waals surface area contributed by atoms with Crippen molar-refractivity contribution < 1.29 is 14.7 Å². The van der Waals surface area contributed by atoms with Gasteiger partial charge in [0.05, 0.1) is 5.69 Å². The highest BCUT2D eigenvalue weighted by molar-refractivity contribution is 5.97. The lowest BCUT2D eigenvalue weighted by Gasteiger charge is -2.18.